The van der Waals surface area contributed by atoms with Crippen molar-refractivity contribution in [1.82, 2.24) is 20.3 Å². The Morgan fingerprint density at radius 1 is 1.37 bits per heavy atom. The molecule has 4 amide bonds. The van der Waals surface area contributed by atoms with Crippen LogP contribution in [0.15, 0.2) is 11.6 Å². The van der Waals surface area contributed by atoms with E-state index in [1.165, 1.54) is 4.90 Å². The largest absolute Gasteiger partial charge is 0.444 e. The Kier molecular flexibility index (Phi) is 5.67. The predicted molar refractivity (Wildman–Crippen MR) is 97.4 cm³/mol. The molecule has 3 atom stereocenters. The van der Waals surface area contributed by atoms with Crippen LogP contribution in [-0.2, 0) is 14.4 Å². The lowest BCUT2D eigenvalue weighted by Gasteiger charge is -2.30. The monoisotopic (exact) mass is 432 g/mol. The van der Waals surface area contributed by atoms with Gasteiger partial charge in [0.25, 0.3) is 11.8 Å². The molecule has 0 saturated carbocycles. The first-order valence-corrected chi connectivity index (χ1v) is 9.55. The number of hydrogen-bond donors (Lipinski definition) is 2. The quantitative estimate of drug-likeness (QED) is 0.396. The van der Waals surface area contributed by atoms with Crippen LogP contribution in [0.4, 0.5) is 18.4 Å². The number of fused-ring (bicyclic) bond motifs is 2. The van der Waals surface area contributed by atoms with Gasteiger partial charge in [-0.05, 0) is 33.3 Å². The van der Waals surface area contributed by atoms with Gasteiger partial charge in [-0.3, -0.25) is 19.7 Å². The molecule has 0 aromatic heterocycles. The van der Waals surface area contributed by atoms with Crippen molar-refractivity contribution in [2.75, 3.05) is 19.7 Å². The minimum Gasteiger partial charge on any atom is -0.444 e. The van der Waals surface area contributed by atoms with Crippen LogP contribution in [0.1, 0.15) is 34.1 Å². The third-order valence-corrected chi connectivity index (χ3v) is 5.04. The Morgan fingerprint density at radius 3 is 2.67 bits per heavy atom. The molecular weight excluding hydrogens is 406 g/mol. The van der Waals surface area contributed by atoms with Crippen molar-refractivity contribution in [3.8, 4) is 0 Å². The van der Waals surface area contributed by atoms with E-state index in [1.807, 2.05) is 0 Å². The third-order valence-electron chi connectivity index (χ3n) is 5.04. The van der Waals surface area contributed by atoms with Crippen molar-refractivity contribution >= 4 is 18.0 Å². The topological polar surface area (TPSA) is 112 Å². The summed E-state index contributed by atoms with van der Waals surface area (Å²) in [5.74, 6) is -3.78. The first-order chi connectivity index (χ1) is 13.8. The van der Waals surface area contributed by atoms with E-state index in [9.17, 15) is 28.4 Å². The van der Waals surface area contributed by atoms with E-state index in [1.54, 1.807) is 33.8 Å². The van der Waals surface area contributed by atoms with Crippen molar-refractivity contribution in [3.05, 3.63) is 11.6 Å². The average Bonchev–Trinajstić information content (AvgIpc) is 3.03. The van der Waals surface area contributed by atoms with E-state index in [0.717, 1.165) is 4.90 Å². The Labute approximate surface area is 172 Å². The standard InChI is InChI=1S/C18H26F2N4O6/c1-10-5-11-7-22(15(26)24(11)28)13(10)14(25)21-29-8-12-6-18(19,20)9-23(12)16(27)30-17(2,3)4/h5,11-13,28H,6-9H2,1-4H3,(H,21,25)/t11-,12+,13+/m1/s1. The molecule has 0 radical (unpaired) electrons. The second-order valence-corrected chi connectivity index (χ2v) is 8.76. The number of amides is 4. The highest BCUT2D eigenvalue weighted by Crippen LogP contribution is 2.33. The summed E-state index contributed by atoms with van der Waals surface area (Å²) >= 11 is 0. The van der Waals surface area contributed by atoms with Gasteiger partial charge in [0.1, 0.15) is 11.6 Å². The van der Waals surface area contributed by atoms with Crippen molar-refractivity contribution in [1.29, 1.82) is 0 Å². The lowest BCUT2D eigenvalue weighted by atomic mass is 10.0. The van der Waals surface area contributed by atoms with E-state index < -0.39 is 60.6 Å². The molecule has 3 aliphatic rings. The van der Waals surface area contributed by atoms with E-state index in [2.05, 4.69) is 5.48 Å². The van der Waals surface area contributed by atoms with Gasteiger partial charge in [-0.15, -0.1) is 0 Å². The Morgan fingerprint density at radius 2 is 2.03 bits per heavy atom. The van der Waals surface area contributed by atoms with E-state index in [0.29, 0.717) is 10.6 Å². The molecule has 3 aliphatic heterocycles. The van der Waals surface area contributed by atoms with Crippen LogP contribution in [0.2, 0.25) is 0 Å². The number of hydrogen-bond acceptors (Lipinski definition) is 6. The van der Waals surface area contributed by atoms with Gasteiger partial charge in [0.2, 0.25) is 0 Å². The summed E-state index contributed by atoms with van der Waals surface area (Å²) in [6.07, 6.45) is 0.0892. The predicted octanol–water partition coefficient (Wildman–Crippen LogP) is 1.50. The van der Waals surface area contributed by atoms with Gasteiger partial charge in [0, 0.05) is 6.42 Å². The van der Waals surface area contributed by atoms with Gasteiger partial charge in [-0.1, -0.05) is 6.08 Å². The van der Waals surface area contributed by atoms with Crippen molar-refractivity contribution in [3.63, 3.8) is 0 Å². The molecule has 0 aromatic carbocycles. The zero-order valence-electron chi connectivity index (χ0n) is 17.2. The van der Waals surface area contributed by atoms with Crippen LogP contribution in [-0.4, -0.2) is 87.4 Å². The Bertz CT molecular complexity index is 768. The molecule has 2 bridgehead atoms. The Hall–Kier alpha value is -2.47. The molecule has 12 heteroatoms. The van der Waals surface area contributed by atoms with Gasteiger partial charge < -0.3 is 9.64 Å². The number of carbonyl (C=O) groups is 3. The summed E-state index contributed by atoms with van der Waals surface area (Å²) < 4.78 is 32.9. The summed E-state index contributed by atoms with van der Waals surface area (Å²) in [7, 11) is 0. The number of carbonyl (C=O) groups excluding carboxylic acids is 3. The summed E-state index contributed by atoms with van der Waals surface area (Å²) in [5, 5.41) is 10.3. The second-order valence-electron chi connectivity index (χ2n) is 8.76. The molecule has 0 aromatic rings. The number of halogens is 2. The zero-order valence-corrected chi connectivity index (χ0v) is 17.2. The molecule has 0 unspecified atom stereocenters. The molecule has 3 heterocycles. The fourth-order valence-corrected chi connectivity index (χ4v) is 3.80. The van der Waals surface area contributed by atoms with E-state index in [-0.39, 0.29) is 13.2 Å². The number of hydroxylamine groups is 3. The fourth-order valence-electron chi connectivity index (χ4n) is 3.80. The van der Waals surface area contributed by atoms with Crippen LogP contribution in [0.5, 0.6) is 0 Å². The SMILES string of the molecule is CC1=C[C@@H]2CN(C(=O)N2O)[C@@H]1C(=O)NOC[C@@H]1CC(F)(F)CN1C(=O)OC(C)(C)C. The first kappa shape index (κ1) is 22.2. The van der Waals surface area contributed by atoms with Gasteiger partial charge in [-0.25, -0.2) is 23.9 Å². The smallest absolute Gasteiger partial charge is 0.410 e. The number of urea groups is 1. The molecule has 2 fully saturated rings. The maximum Gasteiger partial charge on any atom is 0.410 e. The lowest BCUT2D eigenvalue weighted by molar-refractivity contribution is -0.138. The third kappa shape index (κ3) is 4.48. The average molecular weight is 432 g/mol. The molecule has 2 N–H and O–H groups in total. The highest BCUT2D eigenvalue weighted by atomic mass is 19.3. The number of rotatable bonds is 4. The van der Waals surface area contributed by atoms with E-state index in [4.69, 9.17) is 9.57 Å². The first-order valence-electron chi connectivity index (χ1n) is 9.55. The highest BCUT2D eigenvalue weighted by molar-refractivity contribution is 5.91. The molecule has 30 heavy (non-hydrogen) atoms. The fraction of sp³-hybridized carbons (Fsp3) is 0.722. The van der Waals surface area contributed by atoms with Gasteiger partial charge in [-0.2, -0.15) is 5.06 Å². The van der Waals surface area contributed by atoms with Crippen LogP contribution in [0.25, 0.3) is 0 Å². The van der Waals surface area contributed by atoms with Crippen LogP contribution >= 0.6 is 0 Å². The molecule has 2 saturated heterocycles. The zero-order chi connectivity index (χ0) is 22.4. The number of likely N-dealkylation sites (tertiary alicyclic amines) is 1. The molecule has 0 spiro atoms. The number of nitrogens with zero attached hydrogens (tertiary/aromatic N) is 3. The lowest BCUT2D eigenvalue weighted by Crippen LogP contribution is -2.50. The van der Waals surface area contributed by atoms with Crippen molar-refractivity contribution in [2.24, 2.45) is 0 Å². The van der Waals surface area contributed by atoms with E-state index >= 15 is 0 Å². The molecule has 10 nitrogen and oxygen atoms in total. The number of nitrogens with one attached hydrogen (secondary N) is 1. The maximum absolute atomic E-state index is 13.9. The highest BCUT2D eigenvalue weighted by Gasteiger charge is 2.49. The Balaban J connectivity index is 1.59. The minimum absolute atomic E-state index is 0.145. The molecule has 0 aliphatic carbocycles. The van der Waals surface area contributed by atoms with Gasteiger partial charge >= 0.3 is 12.1 Å². The summed E-state index contributed by atoms with van der Waals surface area (Å²) in [6.45, 7) is 5.49. The summed E-state index contributed by atoms with van der Waals surface area (Å²) in [4.78, 5) is 44.0. The number of ether oxygens (including phenoxy) is 1. The summed E-state index contributed by atoms with van der Waals surface area (Å²) in [6, 6.07) is -3.22. The maximum atomic E-state index is 13.9. The normalized spacial score (nSPS) is 28.0. The van der Waals surface area contributed by atoms with Crippen LogP contribution in [0, 0.1) is 0 Å². The van der Waals surface area contributed by atoms with Crippen LogP contribution in [0.3, 0.4) is 0 Å². The van der Waals surface area contributed by atoms with Crippen LogP contribution < -0.4 is 5.48 Å². The van der Waals surface area contributed by atoms with Gasteiger partial charge in [0.15, 0.2) is 0 Å². The second kappa shape index (κ2) is 7.65. The van der Waals surface area contributed by atoms with Gasteiger partial charge in [0.05, 0.1) is 31.8 Å². The number of alkyl halides is 2. The summed E-state index contributed by atoms with van der Waals surface area (Å²) in [5.41, 5.74) is 1.86. The molecular formula is C18H26F2N4O6. The minimum atomic E-state index is -3.10. The molecule has 168 valence electrons. The van der Waals surface area contributed by atoms with Crippen molar-refractivity contribution in [2.45, 2.75) is 63.8 Å². The molecule has 3 rings (SSSR count). The van der Waals surface area contributed by atoms with Crippen molar-refractivity contribution < 1.29 is 37.9 Å².